The van der Waals surface area contributed by atoms with Crippen LogP contribution in [0.1, 0.15) is 0 Å². The lowest BCUT2D eigenvalue weighted by molar-refractivity contribution is -0.400. The van der Waals surface area contributed by atoms with Crippen LogP contribution in [0.5, 0.6) is 0 Å². The minimum absolute atomic E-state index is 0.698. The molecule has 0 amide bonds. The summed E-state index contributed by atoms with van der Waals surface area (Å²) in [6, 6.07) is 0. The maximum absolute atomic E-state index is 11.8. The minimum Gasteiger partial charge on any atom is -0.394 e. The van der Waals surface area contributed by atoms with E-state index in [9.17, 15) is 81.7 Å². The first-order valence-electron chi connectivity index (χ1n) is 27.4. The second kappa shape index (κ2) is 32.2. The first-order chi connectivity index (χ1) is 40.8. The van der Waals surface area contributed by atoms with Crippen molar-refractivity contribution in [3.63, 3.8) is 0 Å². The second-order valence-electron chi connectivity index (χ2n) is 21.0. The highest BCUT2D eigenvalue weighted by Crippen LogP contribution is 2.39. The van der Waals surface area contributed by atoms with Crippen LogP contribution in [0.15, 0.2) is 0 Å². The summed E-state index contributed by atoms with van der Waals surface area (Å²) in [5, 5.41) is 173. The fourth-order valence-corrected chi connectivity index (χ4v) is 11.8. The van der Waals surface area contributed by atoms with Gasteiger partial charge in [-0.05, 0) is 0 Å². The summed E-state index contributed by atoms with van der Waals surface area (Å²) in [5.74, 6) is 0. The van der Waals surface area contributed by atoms with Crippen molar-refractivity contribution in [2.75, 3.05) is 96.0 Å². The normalized spacial score (nSPS) is 50.1. The van der Waals surface area contributed by atoms with Crippen molar-refractivity contribution >= 4 is 0 Å². The second-order valence-corrected chi connectivity index (χ2v) is 21.0. The third kappa shape index (κ3) is 14.8. The van der Waals surface area contributed by atoms with Gasteiger partial charge in [0.25, 0.3) is 0 Å². The largest absolute Gasteiger partial charge is 0.394 e. The average molecular weight is 1250 g/mol. The summed E-state index contributed by atoms with van der Waals surface area (Å²) >= 11 is 0. The molecule has 0 aromatic rings. The Balaban J connectivity index is 1.00. The average Bonchev–Trinajstić information content (AvgIpc) is 2.78. The molecule has 7 rings (SSSR count). The van der Waals surface area contributed by atoms with Gasteiger partial charge in [0.15, 0.2) is 44.0 Å². The SMILES string of the molecule is CO[C@@H]1[C@H](O)[C@@H](O[C@H]2[C@H](OC)[C@H](O)[C@@H](O[C@H]3[C@H](OC)[C@H](O)[C@@H](O[C@H]4[C@H](OC)[C@H](O)[C@@H](O[C@H]5[C@H](OC)[C@H](O)[C@@H](O[C@H]6[C@H](OC)[C@H](O)[C@@H](O[C@H]7[C@H](OC)[C@H](O)[C@@H](O)O[C@@H]7CO)O[C@@H]6CO)O[C@@H]5CO)O[C@@H]4CO)O[C@@H]3CO)O[C@@H]2CO)O[C@H](CO)[C@H]1O. The predicted octanol–water partition coefficient (Wildman–Crippen LogP) is -11.7. The van der Waals surface area contributed by atoms with Gasteiger partial charge in [0.05, 0.1) is 46.2 Å². The van der Waals surface area contributed by atoms with Crippen molar-refractivity contribution in [2.24, 2.45) is 0 Å². The van der Waals surface area contributed by atoms with Gasteiger partial charge in [-0.2, -0.15) is 0 Å². The zero-order valence-electron chi connectivity index (χ0n) is 47.5. The molecule has 36 nitrogen and oxygen atoms in total. The van der Waals surface area contributed by atoms with E-state index in [4.69, 9.17) is 94.7 Å². The molecule has 36 heteroatoms. The zero-order valence-corrected chi connectivity index (χ0v) is 47.5. The predicted molar refractivity (Wildman–Crippen MR) is 265 cm³/mol. The van der Waals surface area contributed by atoms with Crippen molar-refractivity contribution in [3.8, 4) is 0 Å². The highest BCUT2D eigenvalue weighted by atomic mass is 16.8. The molecule has 0 aliphatic carbocycles. The van der Waals surface area contributed by atoms with Gasteiger partial charge < -0.3 is 176 Å². The van der Waals surface area contributed by atoms with Crippen LogP contribution in [-0.4, -0.2) is 393 Å². The van der Waals surface area contributed by atoms with E-state index in [-0.39, 0.29) is 0 Å². The van der Waals surface area contributed by atoms with Gasteiger partial charge >= 0.3 is 0 Å². The molecule has 7 aliphatic heterocycles. The molecule has 7 heterocycles. The summed E-state index contributed by atoms with van der Waals surface area (Å²) < 4.78 is 116. The van der Waals surface area contributed by atoms with Gasteiger partial charge in [0.2, 0.25) is 0 Å². The summed E-state index contributed by atoms with van der Waals surface area (Å²) in [4.78, 5) is 0. The van der Waals surface area contributed by atoms with E-state index in [0.29, 0.717) is 0 Å². The van der Waals surface area contributed by atoms with Gasteiger partial charge in [0, 0.05) is 49.8 Å². The summed E-state index contributed by atoms with van der Waals surface area (Å²) in [6.45, 7) is -5.65. The number of methoxy groups -OCH3 is 7. The number of ether oxygens (including phenoxy) is 20. The molecule has 498 valence electrons. The standard InChI is InChI=1S/C49H86O36/c1-66-36-22(57)15(8-50)74-44(24(36)59)81-31-17(10-52)76-46(26(61)38(31)68-3)83-33-19(12-54)78-48(28(63)40(33)70-5)85-35-21(14-56)79-49(29(64)42(35)72-7)84-34-20(13-55)77-47(27(62)41(34)71-6)82-32-18(11-53)75-45(25(60)39(32)69-4)80-30-16(9-51)73-43(65)23(58)37(30)67-2/h15-65H,8-14H2,1-7H3/t15-,16-,17-,18-,19-,20-,21-,22-,23+,24+,25+,26+,27+,28+,29+,30-,31-,32-,33-,34-,35-,36+,37-,38-,39-,40-,41-,42-,43+,44-,45-,46-,47-,48-,49-/m1/s1. The van der Waals surface area contributed by atoms with Crippen LogP contribution in [0, 0.1) is 0 Å². The first-order valence-corrected chi connectivity index (χ1v) is 27.4. The minimum atomic E-state index is -1.86. The topological polar surface area (TPSA) is 508 Å². The molecular formula is C49H86O36. The lowest BCUT2D eigenvalue weighted by Crippen LogP contribution is -2.69. The Morgan fingerprint density at radius 1 is 0.212 bits per heavy atom. The smallest absolute Gasteiger partial charge is 0.187 e. The molecule has 0 saturated carbocycles. The molecule has 35 atom stereocenters. The number of hydrogen-bond acceptors (Lipinski definition) is 36. The van der Waals surface area contributed by atoms with Crippen molar-refractivity contribution in [1.82, 2.24) is 0 Å². The van der Waals surface area contributed by atoms with Gasteiger partial charge in [-0.15, -0.1) is 0 Å². The van der Waals surface area contributed by atoms with Crippen molar-refractivity contribution < 1.29 is 176 Å². The zero-order chi connectivity index (χ0) is 62.3. The molecule has 85 heavy (non-hydrogen) atoms. The molecule has 7 aliphatic rings. The molecule has 0 radical (unpaired) electrons. The Labute approximate surface area is 486 Å². The molecule has 0 bridgehead atoms. The van der Waals surface area contributed by atoms with Crippen LogP contribution in [0.25, 0.3) is 0 Å². The van der Waals surface area contributed by atoms with Gasteiger partial charge in [0.1, 0.15) is 171 Å². The van der Waals surface area contributed by atoms with E-state index in [1.165, 1.54) is 35.5 Å². The molecule has 7 saturated heterocycles. The number of rotatable bonds is 26. The fourth-order valence-electron chi connectivity index (χ4n) is 11.8. The Morgan fingerprint density at radius 2 is 0.388 bits per heavy atom. The molecule has 0 spiro atoms. The highest BCUT2D eigenvalue weighted by molar-refractivity contribution is 5.02. The van der Waals surface area contributed by atoms with Crippen molar-refractivity contribution in [3.05, 3.63) is 0 Å². The fraction of sp³-hybridized carbons (Fsp3) is 1.00. The van der Waals surface area contributed by atoms with Crippen LogP contribution in [0.2, 0.25) is 0 Å². The van der Waals surface area contributed by atoms with Crippen LogP contribution in [0.4, 0.5) is 0 Å². The van der Waals surface area contributed by atoms with E-state index in [2.05, 4.69) is 0 Å². The van der Waals surface area contributed by atoms with Gasteiger partial charge in [-0.3, -0.25) is 0 Å². The maximum Gasteiger partial charge on any atom is 0.187 e. The number of aliphatic hydroxyl groups is 16. The quantitative estimate of drug-likeness (QED) is 0.0382. The highest BCUT2D eigenvalue weighted by Gasteiger charge is 2.59. The Bertz CT molecular complexity index is 1940. The number of hydrogen-bond donors (Lipinski definition) is 16. The van der Waals surface area contributed by atoms with E-state index in [0.717, 1.165) is 14.2 Å². The lowest BCUT2D eigenvalue weighted by atomic mass is 9.94. The molecule has 7 fully saturated rings. The number of aliphatic hydroxyl groups excluding tert-OH is 16. The lowest BCUT2D eigenvalue weighted by Gasteiger charge is -2.51. The van der Waals surface area contributed by atoms with Crippen LogP contribution >= 0.6 is 0 Å². The van der Waals surface area contributed by atoms with Gasteiger partial charge in [-0.25, -0.2) is 0 Å². The molecule has 0 aromatic heterocycles. The molecular weight excluding hydrogens is 1160 g/mol. The van der Waals surface area contributed by atoms with Crippen molar-refractivity contribution in [2.45, 2.75) is 215 Å². The first kappa shape index (κ1) is 71.0. The molecule has 16 N–H and O–H groups in total. The summed E-state index contributed by atoms with van der Waals surface area (Å²) in [6.07, 6.45) is -54.6. The summed E-state index contributed by atoms with van der Waals surface area (Å²) in [7, 11) is 8.25. The van der Waals surface area contributed by atoms with Gasteiger partial charge in [-0.1, -0.05) is 0 Å². The Morgan fingerprint density at radius 3 is 0.588 bits per heavy atom. The van der Waals surface area contributed by atoms with E-state index in [1.807, 2.05) is 0 Å². The van der Waals surface area contributed by atoms with E-state index >= 15 is 0 Å². The van der Waals surface area contributed by atoms with Crippen molar-refractivity contribution in [1.29, 1.82) is 0 Å². The van der Waals surface area contributed by atoms with Crippen LogP contribution < -0.4 is 0 Å². The monoisotopic (exact) mass is 1250 g/mol. The third-order valence-electron chi connectivity index (χ3n) is 16.3. The van der Waals surface area contributed by atoms with Crippen LogP contribution in [-0.2, 0) is 94.7 Å². The van der Waals surface area contributed by atoms with E-state index in [1.54, 1.807) is 0 Å². The Hall–Kier alpha value is -1.44. The third-order valence-corrected chi connectivity index (χ3v) is 16.3. The maximum atomic E-state index is 11.8. The summed E-state index contributed by atoms with van der Waals surface area (Å²) in [5.41, 5.74) is 0. The van der Waals surface area contributed by atoms with Crippen LogP contribution in [0.3, 0.4) is 0 Å². The molecule has 0 unspecified atom stereocenters. The Kier molecular flexibility index (Phi) is 26.9. The van der Waals surface area contributed by atoms with E-state index < -0.39 is 261 Å². The molecule has 0 aromatic carbocycles.